The summed E-state index contributed by atoms with van der Waals surface area (Å²) in [4.78, 5) is 11.6. The molecule has 0 spiro atoms. The second-order valence-electron chi connectivity index (χ2n) is 4.39. The van der Waals surface area contributed by atoms with E-state index in [9.17, 15) is 9.18 Å². The maximum Gasteiger partial charge on any atom is 0.313 e. The number of hydrogen-bond donors (Lipinski definition) is 1. The van der Waals surface area contributed by atoms with E-state index in [1.165, 1.54) is 19.2 Å². The van der Waals surface area contributed by atoms with Gasteiger partial charge in [-0.2, -0.15) is 0 Å². The summed E-state index contributed by atoms with van der Waals surface area (Å²) in [6.07, 6.45) is 0. The van der Waals surface area contributed by atoms with Gasteiger partial charge in [0, 0.05) is 10.5 Å². The molecule has 0 saturated carbocycles. The molecule has 0 heterocycles. The summed E-state index contributed by atoms with van der Waals surface area (Å²) >= 11 is 3.19. The van der Waals surface area contributed by atoms with E-state index in [0.29, 0.717) is 10.0 Å². The molecule has 0 amide bonds. The van der Waals surface area contributed by atoms with E-state index in [0.717, 1.165) is 0 Å². The molecule has 17 heavy (non-hydrogen) atoms. The van der Waals surface area contributed by atoms with Crippen molar-refractivity contribution in [3.63, 3.8) is 0 Å². The van der Waals surface area contributed by atoms with Crippen LogP contribution in [-0.2, 0) is 9.53 Å². The number of rotatable bonds is 3. The lowest BCUT2D eigenvalue weighted by molar-refractivity contribution is -0.152. The van der Waals surface area contributed by atoms with Crippen LogP contribution >= 0.6 is 15.9 Å². The molecule has 0 aromatic heterocycles. The molecule has 1 rings (SSSR count). The number of carbonyl (C=O) groups is 1. The summed E-state index contributed by atoms with van der Waals surface area (Å²) in [5.41, 5.74) is 5.63. The highest BCUT2D eigenvalue weighted by Gasteiger charge is 2.36. The SMILES string of the molecule is COC(=O)C(C)(C)[C@H](N)c1cc(F)cc(Br)c1. The van der Waals surface area contributed by atoms with E-state index in [2.05, 4.69) is 15.9 Å². The smallest absolute Gasteiger partial charge is 0.313 e. The Kier molecular flexibility index (Phi) is 4.27. The highest BCUT2D eigenvalue weighted by Crippen LogP contribution is 2.33. The maximum absolute atomic E-state index is 13.3. The minimum atomic E-state index is -0.915. The van der Waals surface area contributed by atoms with Crippen molar-refractivity contribution in [3.05, 3.63) is 34.1 Å². The summed E-state index contributed by atoms with van der Waals surface area (Å²) in [5.74, 6) is -0.823. The average molecular weight is 304 g/mol. The number of halogens is 2. The van der Waals surface area contributed by atoms with Crippen LogP contribution < -0.4 is 5.73 Å². The molecule has 1 aromatic carbocycles. The second kappa shape index (κ2) is 5.14. The molecule has 3 nitrogen and oxygen atoms in total. The van der Waals surface area contributed by atoms with Gasteiger partial charge in [0.15, 0.2) is 0 Å². The second-order valence-corrected chi connectivity index (χ2v) is 5.31. The van der Waals surface area contributed by atoms with Crippen molar-refractivity contribution >= 4 is 21.9 Å². The van der Waals surface area contributed by atoms with E-state index in [1.807, 2.05) is 0 Å². The molecular formula is C12H15BrFNO2. The molecule has 0 aliphatic heterocycles. The first-order chi connectivity index (χ1) is 7.78. The van der Waals surface area contributed by atoms with Gasteiger partial charge in [-0.1, -0.05) is 15.9 Å². The lowest BCUT2D eigenvalue weighted by Gasteiger charge is -2.29. The molecule has 0 radical (unpaired) electrons. The van der Waals surface area contributed by atoms with Crippen molar-refractivity contribution in [2.45, 2.75) is 19.9 Å². The lowest BCUT2D eigenvalue weighted by atomic mass is 9.81. The van der Waals surface area contributed by atoms with Crippen LogP contribution in [0.3, 0.4) is 0 Å². The summed E-state index contributed by atoms with van der Waals surface area (Å²) in [7, 11) is 1.30. The van der Waals surface area contributed by atoms with E-state index in [4.69, 9.17) is 10.5 Å². The van der Waals surface area contributed by atoms with Crippen LogP contribution in [0.1, 0.15) is 25.5 Å². The van der Waals surface area contributed by atoms with Crippen molar-refractivity contribution in [2.75, 3.05) is 7.11 Å². The summed E-state index contributed by atoms with van der Waals surface area (Å²) in [6.45, 7) is 3.34. The molecule has 94 valence electrons. The number of hydrogen-bond acceptors (Lipinski definition) is 3. The molecule has 2 N–H and O–H groups in total. The van der Waals surface area contributed by atoms with Crippen molar-refractivity contribution in [1.82, 2.24) is 0 Å². The third kappa shape index (κ3) is 3.04. The monoisotopic (exact) mass is 303 g/mol. The van der Waals surface area contributed by atoms with Crippen LogP contribution in [0.5, 0.6) is 0 Å². The first-order valence-electron chi connectivity index (χ1n) is 5.09. The zero-order chi connectivity index (χ0) is 13.2. The molecule has 0 aliphatic carbocycles. The van der Waals surface area contributed by atoms with Crippen LogP contribution in [0.4, 0.5) is 4.39 Å². The van der Waals surface area contributed by atoms with Gasteiger partial charge in [0.1, 0.15) is 5.82 Å². The third-order valence-corrected chi connectivity index (χ3v) is 3.19. The Labute approximate surface area is 108 Å². The normalized spacial score (nSPS) is 13.3. The molecule has 5 heteroatoms. The van der Waals surface area contributed by atoms with Gasteiger partial charge in [0.2, 0.25) is 0 Å². The predicted molar refractivity (Wildman–Crippen MR) is 66.8 cm³/mol. The molecule has 0 unspecified atom stereocenters. The van der Waals surface area contributed by atoms with E-state index < -0.39 is 23.2 Å². The van der Waals surface area contributed by atoms with Crippen LogP contribution in [0.25, 0.3) is 0 Å². The Hall–Kier alpha value is -0.940. The predicted octanol–water partition coefficient (Wildman–Crippen LogP) is 2.79. The molecule has 1 aromatic rings. The minimum absolute atomic E-state index is 0.398. The molecular weight excluding hydrogens is 289 g/mol. The fourth-order valence-corrected chi connectivity index (χ4v) is 2.04. The van der Waals surface area contributed by atoms with E-state index >= 15 is 0 Å². The fraction of sp³-hybridized carbons (Fsp3) is 0.417. The van der Waals surface area contributed by atoms with Crippen molar-refractivity contribution in [1.29, 1.82) is 0 Å². The summed E-state index contributed by atoms with van der Waals surface area (Å²) < 4.78 is 18.5. The highest BCUT2D eigenvalue weighted by atomic mass is 79.9. The van der Waals surface area contributed by atoms with Crippen LogP contribution in [0.15, 0.2) is 22.7 Å². The molecule has 0 saturated heterocycles. The van der Waals surface area contributed by atoms with Crippen LogP contribution in [-0.4, -0.2) is 13.1 Å². The number of benzene rings is 1. The van der Waals surface area contributed by atoms with Crippen molar-refractivity contribution in [3.8, 4) is 0 Å². The number of ether oxygens (including phenoxy) is 1. The topological polar surface area (TPSA) is 52.3 Å². The van der Waals surface area contributed by atoms with Gasteiger partial charge in [-0.15, -0.1) is 0 Å². The fourth-order valence-electron chi connectivity index (χ4n) is 1.56. The minimum Gasteiger partial charge on any atom is -0.469 e. The molecule has 0 aliphatic rings. The first kappa shape index (κ1) is 14.1. The Morgan fingerprint density at radius 3 is 2.53 bits per heavy atom. The van der Waals surface area contributed by atoms with Gasteiger partial charge >= 0.3 is 5.97 Å². The standard InChI is InChI=1S/C12H15BrFNO2/c1-12(2,11(16)17-3)10(15)7-4-8(13)6-9(14)5-7/h4-6,10H,15H2,1-3H3/t10-/m1/s1. The summed E-state index contributed by atoms with van der Waals surface area (Å²) in [6, 6.07) is 3.71. The molecule has 0 fully saturated rings. The van der Waals surface area contributed by atoms with Crippen LogP contribution in [0, 0.1) is 11.2 Å². The van der Waals surface area contributed by atoms with Gasteiger partial charge in [0.25, 0.3) is 0 Å². The number of nitrogens with two attached hydrogens (primary N) is 1. The van der Waals surface area contributed by atoms with E-state index in [1.54, 1.807) is 19.9 Å². The Balaban J connectivity index is 3.11. The van der Waals surface area contributed by atoms with Crippen molar-refractivity contribution < 1.29 is 13.9 Å². The lowest BCUT2D eigenvalue weighted by Crippen LogP contribution is -2.37. The number of esters is 1. The van der Waals surface area contributed by atoms with Crippen LogP contribution in [0.2, 0.25) is 0 Å². The zero-order valence-electron chi connectivity index (χ0n) is 9.96. The van der Waals surface area contributed by atoms with Gasteiger partial charge in [0.05, 0.1) is 12.5 Å². The number of carbonyl (C=O) groups excluding carboxylic acids is 1. The Morgan fingerprint density at radius 1 is 1.47 bits per heavy atom. The average Bonchev–Trinajstić information content (AvgIpc) is 2.25. The van der Waals surface area contributed by atoms with Crippen molar-refractivity contribution in [2.24, 2.45) is 11.1 Å². The van der Waals surface area contributed by atoms with Gasteiger partial charge in [-0.05, 0) is 37.6 Å². The third-order valence-electron chi connectivity index (χ3n) is 2.73. The largest absolute Gasteiger partial charge is 0.469 e. The maximum atomic E-state index is 13.3. The first-order valence-corrected chi connectivity index (χ1v) is 5.88. The van der Waals surface area contributed by atoms with Gasteiger partial charge in [-0.3, -0.25) is 4.79 Å². The highest BCUT2D eigenvalue weighted by molar-refractivity contribution is 9.10. The number of methoxy groups -OCH3 is 1. The van der Waals surface area contributed by atoms with Gasteiger partial charge < -0.3 is 10.5 Å². The zero-order valence-corrected chi connectivity index (χ0v) is 11.5. The Bertz CT molecular complexity index is 414. The van der Waals surface area contributed by atoms with E-state index in [-0.39, 0.29) is 0 Å². The molecule has 1 atom stereocenters. The quantitative estimate of drug-likeness (QED) is 0.874. The molecule has 0 bridgehead atoms. The van der Waals surface area contributed by atoms with Gasteiger partial charge in [-0.25, -0.2) is 4.39 Å². The Morgan fingerprint density at radius 2 is 2.06 bits per heavy atom. The summed E-state index contributed by atoms with van der Waals surface area (Å²) in [5, 5.41) is 0.